The van der Waals surface area contributed by atoms with Crippen LogP contribution in [0.5, 0.6) is 0 Å². The van der Waals surface area contributed by atoms with Crippen molar-refractivity contribution in [3.05, 3.63) is 40.0 Å². The highest BCUT2D eigenvalue weighted by Crippen LogP contribution is 2.26. The summed E-state index contributed by atoms with van der Waals surface area (Å²) in [5, 5.41) is 15.2. The Morgan fingerprint density at radius 2 is 2.17 bits per heavy atom. The van der Waals surface area contributed by atoms with Gasteiger partial charge in [0.25, 0.3) is 0 Å². The molecule has 0 saturated carbocycles. The van der Waals surface area contributed by atoms with Crippen LogP contribution in [0.1, 0.15) is 30.1 Å². The molecule has 1 N–H and O–H groups in total. The standard InChI is InChI=1S/C13H14N4S/c1-9-6-10(8-14)7-11(16-9)17-13(2,3)12-15-4-5-18-12/h4-7H,1-3H3,(H,16,17). The minimum Gasteiger partial charge on any atom is -0.359 e. The number of rotatable bonds is 3. The van der Waals surface area contributed by atoms with Gasteiger partial charge in [-0.2, -0.15) is 5.26 Å². The quantitative estimate of drug-likeness (QED) is 0.919. The van der Waals surface area contributed by atoms with Crippen LogP contribution in [0.4, 0.5) is 5.82 Å². The van der Waals surface area contributed by atoms with Crippen LogP contribution in [-0.4, -0.2) is 9.97 Å². The Kier molecular flexibility index (Phi) is 3.30. The van der Waals surface area contributed by atoms with Gasteiger partial charge >= 0.3 is 0 Å². The molecule has 92 valence electrons. The van der Waals surface area contributed by atoms with Gasteiger partial charge in [0.1, 0.15) is 10.8 Å². The molecule has 0 aliphatic heterocycles. The molecule has 0 spiro atoms. The molecule has 0 radical (unpaired) electrons. The van der Waals surface area contributed by atoms with Gasteiger partial charge in [-0.05, 0) is 32.9 Å². The molecule has 18 heavy (non-hydrogen) atoms. The molecule has 0 unspecified atom stereocenters. The van der Waals surface area contributed by atoms with E-state index in [1.807, 2.05) is 26.2 Å². The third-order valence-corrected chi connectivity index (χ3v) is 3.59. The zero-order valence-electron chi connectivity index (χ0n) is 10.6. The van der Waals surface area contributed by atoms with Crippen molar-refractivity contribution in [3.8, 4) is 6.07 Å². The number of aromatic nitrogens is 2. The first-order valence-electron chi connectivity index (χ1n) is 5.58. The molecular weight excluding hydrogens is 244 g/mol. The minimum absolute atomic E-state index is 0.304. The SMILES string of the molecule is Cc1cc(C#N)cc(NC(C)(C)c2nccs2)n1. The van der Waals surface area contributed by atoms with E-state index in [2.05, 4.69) is 21.4 Å². The second-order valence-electron chi connectivity index (χ2n) is 4.58. The highest BCUT2D eigenvalue weighted by molar-refractivity contribution is 7.09. The Balaban J connectivity index is 2.29. The fourth-order valence-corrected chi connectivity index (χ4v) is 2.42. The molecule has 4 nitrogen and oxygen atoms in total. The molecule has 0 saturated heterocycles. The molecule has 2 aromatic heterocycles. The summed E-state index contributed by atoms with van der Waals surface area (Å²) >= 11 is 1.60. The first-order valence-corrected chi connectivity index (χ1v) is 6.46. The van der Waals surface area contributed by atoms with Crippen LogP contribution >= 0.6 is 11.3 Å². The monoisotopic (exact) mass is 258 g/mol. The van der Waals surface area contributed by atoms with Crippen molar-refractivity contribution < 1.29 is 0 Å². The predicted octanol–water partition coefficient (Wildman–Crippen LogP) is 3.07. The van der Waals surface area contributed by atoms with Crippen LogP contribution in [-0.2, 0) is 5.54 Å². The minimum atomic E-state index is -0.304. The average Bonchev–Trinajstić information content (AvgIpc) is 2.81. The van der Waals surface area contributed by atoms with Crippen molar-refractivity contribution in [2.75, 3.05) is 5.32 Å². The second kappa shape index (κ2) is 4.75. The molecule has 2 heterocycles. The first kappa shape index (κ1) is 12.5. The molecule has 5 heteroatoms. The smallest absolute Gasteiger partial charge is 0.128 e. The van der Waals surface area contributed by atoms with Crippen LogP contribution in [0.2, 0.25) is 0 Å². The van der Waals surface area contributed by atoms with Gasteiger partial charge < -0.3 is 5.32 Å². The molecule has 0 atom stereocenters. The summed E-state index contributed by atoms with van der Waals surface area (Å²) in [5.74, 6) is 0.701. The topological polar surface area (TPSA) is 61.6 Å². The van der Waals surface area contributed by atoms with E-state index in [0.717, 1.165) is 10.7 Å². The summed E-state index contributed by atoms with van der Waals surface area (Å²) in [6, 6.07) is 5.65. The van der Waals surface area contributed by atoms with E-state index in [1.54, 1.807) is 29.7 Å². The van der Waals surface area contributed by atoms with E-state index in [-0.39, 0.29) is 5.54 Å². The molecule has 0 fully saturated rings. The molecule has 0 aliphatic rings. The fourth-order valence-electron chi connectivity index (χ4n) is 1.70. The Bertz CT molecular complexity index is 582. The summed E-state index contributed by atoms with van der Waals surface area (Å²) in [4.78, 5) is 8.70. The van der Waals surface area contributed by atoms with Crippen LogP contribution in [0.15, 0.2) is 23.7 Å². The maximum absolute atomic E-state index is 8.95. The normalized spacial score (nSPS) is 11.0. The number of anilines is 1. The number of hydrogen-bond acceptors (Lipinski definition) is 5. The van der Waals surface area contributed by atoms with Crippen LogP contribution in [0, 0.1) is 18.3 Å². The number of pyridine rings is 1. The number of nitriles is 1. The summed E-state index contributed by atoms with van der Waals surface area (Å²) in [7, 11) is 0. The van der Waals surface area contributed by atoms with E-state index < -0.39 is 0 Å². The maximum atomic E-state index is 8.95. The summed E-state index contributed by atoms with van der Waals surface area (Å²) in [5.41, 5.74) is 1.13. The van der Waals surface area contributed by atoms with Crippen molar-refractivity contribution in [1.29, 1.82) is 5.26 Å². The Morgan fingerprint density at radius 1 is 1.39 bits per heavy atom. The van der Waals surface area contributed by atoms with Crippen molar-refractivity contribution in [2.24, 2.45) is 0 Å². The van der Waals surface area contributed by atoms with Crippen LogP contribution in [0.25, 0.3) is 0 Å². The third kappa shape index (κ3) is 2.66. The summed E-state index contributed by atoms with van der Waals surface area (Å²) < 4.78 is 0. The van der Waals surface area contributed by atoms with Gasteiger partial charge in [0.15, 0.2) is 0 Å². The molecule has 0 aromatic carbocycles. The molecular formula is C13H14N4S. The van der Waals surface area contributed by atoms with Crippen LogP contribution < -0.4 is 5.32 Å². The third-order valence-electron chi connectivity index (χ3n) is 2.49. The Morgan fingerprint density at radius 3 is 2.78 bits per heavy atom. The number of thiazole rings is 1. The number of nitrogens with zero attached hydrogens (tertiary/aromatic N) is 3. The van der Waals surface area contributed by atoms with Gasteiger partial charge in [-0.25, -0.2) is 9.97 Å². The van der Waals surface area contributed by atoms with E-state index in [0.29, 0.717) is 11.4 Å². The zero-order valence-corrected chi connectivity index (χ0v) is 11.4. The highest BCUT2D eigenvalue weighted by atomic mass is 32.1. The van der Waals surface area contributed by atoms with E-state index >= 15 is 0 Å². The van der Waals surface area contributed by atoms with Crippen LogP contribution in [0.3, 0.4) is 0 Å². The molecule has 2 rings (SSSR count). The summed E-state index contributed by atoms with van der Waals surface area (Å²) in [6.07, 6.45) is 1.79. The molecule has 0 aliphatic carbocycles. The van der Waals surface area contributed by atoms with Crippen molar-refractivity contribution >= 4 is 17.2 Å². The van der Waals surface area contributed by atoms with Gasteiger partial charge in [-0.15, -0.1) is 11.3 Å². The average molecular weight is 258 g/mol. The highest BCUT2D eigenvalue weighted by Gasteiger charge is 2.23. The van der Waals surface area contributed by atoms with Crippen molar-refractivity contribution in [1.82, 2.24) is 9.97 Å². The van der Waals surface area contributed by atoms with Gasteiger partial charge in [0, 0.05) is 17.3 Å². The second-order valence-corrected chi connectivity index (χ2v) is 5.48. The van der Waals surface area contributed by atoms with Crippen molar-refractivity contribution in [2.45, 2.75) is 26.3 Å². The van der Waals surface area contributed by atoms with Gasteiger partial charge in [-0.3, -0.25) is 0 Å². The van der Waals surface area contributed by atoms with Gasteiger partial charge in [0.2, 0.25) is 0 Å². The van der Waals surface area contributed by atoms with Gasteiger partial charge in [0.05, 0.1) is 17.2 Å². The fraction of sp³-hybridized carbons (Fsp3) is 0.308. The lowest BCUT2D eigenvalue weighted by molar-refractivity contribution is 0.600. The van der Waals surface area contributed by atoms with E-state index in [4.69, 9.17) is 5.26 Å². The Labute approximate surface area is 110 Å². The number of aryl methyl sites for hydroxylation is 1. The lowest BCUT2D eigenvalue weighted by atomic mass is 10.1. The number of nitrogens with one attached hydrogen (secondary N) is 1. The molecule has 0 amide bonds. The lowest BCUT2D eigenvalue weighted by Gasteiger charge is -2.24. The van der Waals surface area contributed by atoms with E-state index in [1.165, 1.54) is 0 Å². The summed E-state index contributed by atoms with van der Waals surface area (Å²) in [6.45, 7) is 5.96. The first-order chi connectivity index (χ1) is 8.51. The van der Waals surface area contributed by atoms with Crippen molar-refractivity contribution in [3.63, 3.8) is 0 Å². The molecule has 0 bridgehead atoms. The molecule has 2 aromatic rings. The lowest BCUT2D eigenvalue weighted by Crippen LogP contribution is -2.28. The zero-order chi connectivity index (χ0) is 13.2. The van der Waals surface area contributed by atoms with Gasteiger partial charge in [-0.1, -0.05) is 0 Å². The maximum Gasteiger partial charge on any atom is 0.128 e. The predicted molar refractivity (Wildman–Crippen MR) is 72.5 cm³/mol. The Hall–Kier alpha value is -1.93. The van der Waals surface area contributed by atoms with E-state index in [9.17, 15) is 0 Å². The largest absolute Gasteiger partial charge is 0.359 e. The number of hydrogen-bond donors (Lipinski definition) is 1.